The average Bonchev–Trinajstić information content (AvgIpc) is 2.78. The van der Waals surface area contributed by atoms with Crippen molar-refractivity contribution >= 4 is 27.5 Å². The smallest absolute Gasteiger partial charge is 0.258 e. The van der Waals surface area contributed by atoms with Crippen LogP contribution in [0.4, 0.5) is 0 Å². The second-order valence-corrected chi connectivity index (χ2v) is 9.57. The van der Waals surface area contributed by atoms with Crippen LogP contribution in [0.1, 0.15) is 29.7 Å². The molecular weight excluding hydrogens is 448 g/mol. The summed E-state index contributed by atoms with van der Waals surface area (Å²) in [6, 6.07) is 20.9. The maximum Gasteiger partial charge on any atom is 0.258 e. The van der Waals surface area contributed by atoms with Gasteiger partial charge in [-0.2, -0.15) is 0 Å². The van der Waals surface area contributed by atoms with Crippen LogP contribution in [-0.4, -0.2) is 20.9 Å². The topological polar surface area (TPSA) is 84.5 Å². The van der Waals surface area contributed by atoms with E-state index in [1.54, 1.807) is 25.1 Å². The normalized spacial score (nSPS) is 12.2. The Morgan fingerprint density at radius 2 is 1.72 bits per heavy atom. The lowest BCUT2D eigenvalue weighted by Crippen LogP contribution is -2.31. The van der Waals surface area contributed by atoms with Gasteiger partial charge in [0, 0.05) is 11.6 Å². The number of carbonyl (C=O) groups is 1. The zero-order valence-electron chi connectivity index (χ0n) is 17.8. The number of nitrogens with one attached hydrogen (secondary N) is 2. The van der Waals surface area contributed by atoms with Crippen molar-refractivity contribution in [2.45, 2.75) is 31.3 Å². The monoisotopic (exact) mass is 472 g/mol. The molecule has 0 saturated heterocycles. The van der Waals surface area contributed by atoms with Crippen LogP contribution in [-0.2, 0) is 21.4 Å². The van der Waals surface area contributed by atoms with Gasteiger partial charge < -0.3 is 10.1 Å². The van der Waals surface area contributed by atoms with Crippen LogP contribution in [0.2, 0.25) is 5.02 Å². The first-order chi connectivity index (χ1) is 15.2. The molecule has 2 N–H and O–H groups in total. The van der Waals surface area contributed by atoms with Crippen LogP contribution in [0.5, 0.6) is 5.75 Å². The summed E-state index contributed by atoms with van der Waals surface area (Å²) >= 11 is 5.89. The first-order valence-electron chi connectivity index (χ1n) is 10.1. The van der Waals surface area contributed by atoms with Crippen molar-refractivity contribution in [1.29, 1.82) is 0 Å². The summed E-state index contributed by atoms with van der Waals surface area (Å²) in [6.07, 6.45) is 0. The predicted molar refractivity (Wildman–Crippen MR) is 125 cm³/mol. The number of hydrogen-bond donors (Lipinski definition) is 2. The third-order valence-electron chi connectivity index (χ3n) is 4.87. The van der Waals surface area contributed by atoms with Crippen LogP contribution in [0.3, 0.4) is 0 Å². The van der Waals surface area contributed by atoms with Crippen molar-refractivity contribution in [3.8, 4) is 5.75 Å². The predicted octanol–water partition coefficient (Wildman–Crippen LogP) is 4.38. The Kier molecular flexibility index (Phi) is 7.90. The standard InChI is InChI=1S/C24H25ClN2O4S/c1-17-14-22(32(29,30)26-15-19-6-4-3-5-7-19)12-13-23(17)31-16-24(28)27-18(2)20-8-10-21(25)11-9-20/h3-14,18,26H,15-16H2,1-2H3,(H,27,28)/t18-/m1/s1. The summed E-state index contributed by atoms with van der Waals surface area (Å²) in [5.41, 5.74) is 2.41. The molecule has 1 amide bonds. The number of carbonyl (C=O) groups excluding carboxylic acids is 1. The number of amides is 1. The van der Waals surface area contributed by atoms with E-state index in [2.05, 4.69) is 10.0 Å². The Bertz CT molecular complexity index is 1170. The molecule has 3 aromatic rings. The Balaban J connectivity index is 1.56. The summed E-state index contributed by atoms with van der Waals surface area (Å²) in [5, 5.41) is 3.49. The number of hydrogen-bond acceptors (Lipinski definition) is 4. The maximum atomic E-state index is 12.6. The zero-order valence-corrected chi connectivity index (χ0v) is 19.4. The van der Waals surface area contributed by atoms with Crippen LogP contribution in [0, 0.1) is 6.92 Å². The van der Waals surface area contributed by atoms with Crippen LogP contribution < -0.4 is 14.8 Å². The number of rotatable bonds is 9. The van der Waals surface area contributed by atoms with Gasteiger partial charge in [0.1, 0.15) is 5.75 Å². The lowest BCUT2D eigenvalue weighted by molar-refractivity contribution is -0.123. The van der Waals surface area contributed by atoms with E-state index < -0.39 is 10.0 Å². The van der Waals surface area contributed by atoms with E-state index in [-0.39, 0.29) is 30.0 Å². The van der Waals surface area contributed by atoms with Gasteiger partial charge in [0.15, 0.2) is 6.61 Å². The molecule has 1 atom stereocenters. The molecule has 32 heavy (non-hydrogen) atoms. The van der Waals surface area contributed by atoms with E-state index in [1.807, 2.05) is 49.4 Å². The van der Waals surface area contributed by atoms with E-state index in [9.17, 15) is 13.2 Å². The molecule has 8 heteroatoms. The van der Waals surface area contributed by atoms with Crippen LogP contribution in [0.15, 0.2) is 77.7 Å². The second-order valence-electron chi connectivity index (χ2n) is 7.37. The fourth-order valence-electron chi connectivity index (χ4n) is 3.07. The minimum absolute atomic E-state index is 0.138. The Morgan fingerprint density at radius 1 is 1.03 bits per heavy atom. The molecule has 0 aliphatic rings. The highest BCUT2D eigenvalue weighted by molar-refractivity contribution is 7.89. The first kappa shape index (κ1) is 23.8. The van der Waals surface area contributed by atoms with Gasteiger partial charge >= 0.3 is 0 Å². The largest absolute Gasteiger partial charge is 0.484 e. The molecule has 0 spiro atoms. The molecule has 3 rings (SSSR count). The highest BCUT2D eigenvalue weighted by Gasteiger charge is 2.16. The lowest BCUT2D eigenvalue weighted by Gasteiger charge is -2.16. The van der Waals surface area contributed by atoms with Crippen molar-refractivity contribution < 1.29 is 17.9 Å². The van der Waals surface area contributed by atoms with Gasteiger partial charge in [0.05, 0.1) is 10.9 Å². The molecule has 0 heterocycles. The van der Waals surface area contributed by atoms with Crippen LogP contribution in [0.25, 0.3) is 0 Å². The number of benzene rings is 3. The van der Waals surface area contributed by atoms with Crippen LogP contribution >= 0.6 is 11.6 Å². The molecule has 0 radical (unpaired) electrons. The molecule has 0 unspecified atom stereocenters. The van der Waals surface area contributed by atoms with Crippen molar-refractivity contribution in [3.05, 3.63) is 94.5 Å². The highest BCUT2D eigenvalue weighted by Crippen LogP contribution is 2.22. The Hall–Kier alpha value is -2.87. The number of halogens is 1. The van der Waals surface area contributed by atoms with E-state index in [0.717, 1.165) is 11.1 Å². The molecule has 0 aliphatic carbocycles. The molecule has 0 bridgehead atoms. The highest BCUT2D eigenvalue weighted by atomic mass is 35.5. The fraction of sp³-hybridized carbons (Fsp3) is 0.208. The molecule has 168 valence electrons. The summed E-state index contributed by atoms with van der Waals surface area (Å²) in [4.78, 5) is 12.4. The quantitative estimate of drug-likeness (QED) is 0.484. The number of ether oxygens (including phenoxy) is 1. The van der Waals surface area contributed by atoms with Gasteiger partial charge in [0.25, 0.3) is 5.91 Å². The average molecular weight is 473 g/mol. The minimum Gasteiger partial charge on any atom is -0.484 e. The first-order valence-corrected chi connectivity index (χ1v) is 11.9. The SMILES string of the molecule is Cc1cc(S(=O)(=O)NCc2ccccc2)ccc1OCC(=O)N[C@H](C)c1ccc(Cl)cc1. The number of sulfonamides is 1. The summed E-state index contributed by atoms with van der Waals surface area (Å²) in [5.74, 6) is 0.161. The van der Waals surface area contributed by atoms with E-state index in [4.69, 9.17) is 16.3 Å². The summed E-state index contributed by atoms with van der Waals surface area (Å²) in [6.45, 7) is 3.62. The summed E-state index contributed by atoms with van der Waals surface area (Å²) < 4.78 is 33.4. The van der Waals surface area contributed by atoms with E-state index >= 15 is 0 Å². The lowest BCUT2D eigenvalue weighted by atomic mass is 10.1. The van der Waals surface area contributed by atoms with Gasteiger partial charge in [-0.15, -0.1) is 0 Å². The molecule has 0 aromatic heterocycles. The van der Waals surface area contributed by atoms with Crippen molar-refractivity contribution in [3.63, 3.8) is 0 Å². The number of aryl methyl sites for hydroxylation is 1. The molecular formula is C24H25ClN2O4S. The van der Waals surface area contributed by atoms with Crippen molar-refractivity contribution in [2.75, 3.05) is 6.61 Å². The summed E-state index contributed by atoms with van der Waals surface area (Å²) in [7, 11) is -3.67. The molecule has 0 fully saturated rings. The van der Waals surface area contributed by atoms with Gasteiger partial charge in [-0.25, -0.2) is 13.1 Å². The Morgan fingerprint density at radius 3 is 2.38 bits per heavy atom. The van der Waals surface area contributed by atoms with E-state index in [1.165, 1.54) is 12.1 Å². The van der Waals surface area contributed by atoms with Gasteiger partial charge in [0.2, 0.25) is 10.0 Å². The minimum atomic E-state index is -3.67. The second kappa shape index (κ2) is 10.6. The van der Waals surface area contributed by atoms with Gasteiger partial charge in [-0.05, 0) is 60.9 Å². The Labute approximate surface area is 193 Å². The molecule has 6 nitrogen and oxygen atoms in total. The van der Waals surface area contributed by atoms with Gasteiger partial charge in [-0.3, -0.25) is 4.79 Å². The van der Waals surface area contributed by atoms with E-state index in [0.29, 0.717) is 16.3 Å². The van der Waals surface area contributed by atoms with Crippen molar-refractivity contribution in [2.24, 2.45) is 0 Å². The molecule has 0 aliphatic heterocycles. The molecule has 0 saturated carbocycles. The third-order valence-corrected chi connectivity index (χ3v) is 6.52. The van der Waals surface area contributed by atoms with Crippen molar-refractivity contribution in [1.82, 2.24) is 10.0 Å². The molecule has 3 aromatic carbocycles. The third kappa shape index (κ3) is 6.56. The fourth-order valence-corrected chi connectivity index (χ4v) is 4.30. The maximum absolute atomic E-state index is 12.6. The van der Waals surface area contributed by atoms with Gasteiger partial charge in [-0.1, -0.05) is 54.1 Å². The zero-order chi connectivity index (χ0) is 23.1.